The van der Waals surface area contributed by atoms with Gasteiger partial charge in [-0.2, -0.15) is 0 Å². The van der Waals surface area contributed by atoms with Crippen LogP contribution in [0, 0.1) is 11.7 Å². The van der Waals surface area contributed by atoms with Gasteiger partial charge in [-0.3, -0.25) is 9.69 Å². The molecule has 1 aliphatic rings. The van der Waals surface area contributed by atoms with Crippen LogP contribution in [-0.2, 0) is 11.3 Å². The topological polar surface area (TPSA) is 40.5 Å². The maximum atomic E-state index is 13.3. The van der Waals surface area contributed by atoms with E-state index < -0.39 is 5.97 Å². The van der Waals surface area contributed by atoms with Crippen LogP contribution in [0.15, 0.2) is 22.7 Å². The van der Waals surface area contributed by atoms with E-state index in [1.807, 2.05) is 13.0 Å². The van der Waals surface area contributed by atoms with E-state index in [-0.39, 0.29) is 17.8 Å². The van der Waals surface area contributed by atoms with Gasteiger partial charge in [0.05, 0.1) is 5.92 Å². The average molecular weight is 316 g/mol. The number of hydrogen-bond acceptors (Lipinski definition) is 2. The SMILES string of the molecule is CC1C(C(=O)O)CCN1Cc1cc(F)cc(Br)c1. The molecule has 2 unspecified atom stereocenters. The van der Waals surface area contributed by atoms with Crippen molar-refractivity contribution in [3.63, 3.8) is 0 Å². The van der Waals surface area contributed by atoms with E-state index in [4.69, 9.17) is 5.11 Å². The molecule has 0 radical (unpaired) electrons. The van der Waals surface area contributed by atoms with Crippen LogP contribution in [-0.4, -0.2) is 28.6 Å². The number of rotatable bonds is 3. The molecule has 1 aromatic rings. The quantitative estimate of drug-likeness (QED) is 0.932. The Morgan fingerprint density at radius 3 is 2.83 bits per heavy atom. The third kappa shape index (κ3) is 2.90. The Balaban J connectivity index is 2.08. The molecule has 98 valence electrons. The normalized spacial score (nSPS) is 24.4. The predicted molar refractivity (Wildman–Crippen MR) is 69.7 cm³/mol. The second kappa shape index (κ2) is 5.36. The standard InChI is InChI=1S/C13H15BrFNO2/c1-8-12(13(17)18)2-3-16(8)7-9-4-10(14)6-11(15)5-9/h4-6,8,12H,2-3,7H2,1H3,(H,17,18). The van der Waals surface area contributed by atoms with Crippen LogP contribution in [0.1, 0.15) is 18.9 Å². The lowest BCUT2D eigenvalue weighted by atomic mass is 10.0. The van der Waals surface area contributed by atoms with Gasteiger partial charge in [-0.15, -0.1) is 0 Å². The smallest absolute Gasteiger partial charge is 0.308 e. The summed E-state index contributed by atoms with van der Waals surface area (Å²) in [4.78, 5) is 13.1. The van der Waals surface area contributed by atoms with Gasteiger partial charge in [0.2, 0.25) is 0 Å². The van der Waals surface area contributed by atoms with Crippen molar-refractivity contribution in [3.05, 3.63) is 34.1 Å². The van der Waals surface area contributed by atoms with Gasteiger partial charge in [0, 0.05) is 17.1 Å². The number of hydrogen-bond donors (Lipinski definition) is 1. The first kappa shape index (κ1) is 13.5. The molecule has 2 rings (SSSR count). The van der Waals surface area contributed by atoms with Crippen molar-refractivity contribution < 1.29 is 14.3 Å². The summed E-state index contributed by atoms with van der Waals surface area (Å²) < 4.78 is 14.0. The molecule has 0 bridgehead atoms. The van der Waals surface area contributed by atoms with Crippen molar-refractivity contribution in [1.82, 2.24) is 4.90 Å². The van der Waals surface area contributed by atoms with Gasteiger partial charge in [0.25, 0.3) is 0 Å². The van der Waals surface area contributed by atoms with E-state index in [2.05, 4.69) is 20.8 Å². The molecule has 5 heteroatoms. The van der Waals surface area contributed by atoms with E-state index in [1.54, 1.807) is 0 Å². The van der Waals surface area contributed by atoms with E-state index in [1.165, 1.54) is 12.1 Å². The van der Waals surface area contributed by atoms with Gasteiger partial charge in [0.15, 0.2) is 0 Å². The zero-order chi connectivity index (χ0) is 13.3. The first-order valence-corrected chi connectivity index (χ1v) is 6.68. The van der Waals surface area contributed by atoms with Crippen LogP contribution in [0.3, 0.4) is 0 Å². The van der Waals surface area contributed by atoms with Crippen molar-refractivity contribution in [1.29, 1.82) is 0 Å². The predicted octanol–water partition coefficient (Wildman–Crippen LogP) is 2.88. The molecule has 0 aliphatic carbocycles. The Bertz CT molecular complexity index is 446. The van der Waals surface area contributed by atoms with Crippen molar-refractivity contribution in [2.45, 2.75) is 25.9 Å². The highest BCUT2D eigenvalue weighted by Crippen LogP contribution is 2.26. The highest BCUT2D eigenvalue weighted by Gasteiger charge is 2.35. The average Bonchev–Trinajstić information content (AvgIpc) is 2.59. The summed E-state index contributed by atoms with van der Waals surface area (Å²) in [7, 11) is 0. The lowest BCUT2D eigenvalue weighted by Gasteiger charge is -2.23. The van der Waals surface area contributed by atoms with E-state index in [0.29, 0.717) is 17.4 Å². The number of benzene rings is 1. The number of halogens is 2. The first-order valence-electron chi connectivity index (χ1n) is 5.89. The van der Waals surface area contributed by atoms with Gasteiger partial charge in [-0.25, -0.2) is 4.39 Å². The molecule has 1 aromatic carbocycles. The Morgan fingerprint density at radius 1 is 1.56 bits per heavy atom. The van der Waals surface area contributed by atoms with Gasteiger partial charge < -0.3 is 5.11 Å². The molecule has 1 N–H and O–H groups in total. The third-order valence-corrected chi connectivity index (χ3v) is 3.97. The highest BCUT2D eigenvalue weighted by atomic mass is 79.9. The summed E-state index contributed by atoms with van der Waals surface area (Å²) in [5.74, 6) is -1.34. The minimum Gasteiger partial charge on any atom is -0.481 e. The largest absolute Gasteiger partial charge is 0.481 e. The summed E-state index contributed by atoms with van der Waals surface area (Å²) in [6.07, 6.45) is 0.660. The molecule has 1 aliphatic heterocycles. The van der Waals surface area contributed by atoms with Gasteiger partial charge in [-0.05, 0) is 43.7 Å². The monoisotopic (exact) mass is 315 g/mol. The second-order valence-corrected chi connectivity index (χ2v) is 5.64. The first-order chi connectivity index (χ1) is 8.47. The van der Waals surface area contributed by atoms with Crippen LogP contribution in [0.2, 0.25) is 0 Å². The van der Waals surface area contributed by atoms with Gasteiger partial charge in [-0.1, -0.05) is 15.9 Å². The number of likely N-dealkylation sites (tertiary alicyclic amines) is 1. The third-order valence-electron chi connectivity index (χ3n) is 3.51. The van der Waals surface area contributed by atoms with Crippen molar-refractivity contribution in [2.75, 3.05) is 6.54 Å². The van der Waals surface area contributed by atoms with Crippen molar-refractivity contribution in [2.24, 2.45) is 5.92 Å². The molecule has 2 atom stereocenters. The van der Waals surface area contributed by atoms with Crippen molar-refractivity contribution >= 4 is 21.9 Å². The molecule has 3 nitrogen and oxygen atoms in total. The zero-order valence-electron chi connectivity index (χ0n) is 10.1. The molecule has 1 heterocycles. The number of aliphatic carboxylic acids is 1. The van der Waals surface area contributed by atoms with E-state index in [9.17, 15) is 9.18 Å². The Kier molecular flexibility index (Phi) is 4.02. The minimum absolute atomic E-state index is 0.00968. The number of nitrogens with zero attached hydrogens (tertiary/aromatic N) is 1. The van der Waals surface area contributed by atoms with E-state index in [0.717, 1.165) is 12.1 Å². The summed E-state index contributed by atoms with van der Waals surface area (Å²) in [5.41, 5.74) is 0.861. The van der Waals surface area contributed by atoms with Crippen molar-refractivity contribution in [3.8, 4) is 0 Å². The number of carboxylic acids is 1. The Labute approximate surface area is 114 Å². The van der Waals surface area contributed by atoms with E-state index >= 15 is 0 Å². The number of carboxylic acid groups (broad SMARTS) is 1. The molecular formula is C13H15BrFNO2. The second-order valence-electron chi connectivity index (χ2n) is 4.72. The lowest BCUT2D eigenvalue weighted by molar-refractivity contribution is -0.142. The molecule has 0 spiro atoms. The Hall–Kier alpha value is -0.940. The fourth-order valence-electron chi connectivity index (χ4n) is 2.49. The van der Waals surface area contributed by atoms with Gasteiger partial charge in [0.1, 0.15) is 5.82 Å². The fourth-order valence-corrected chi connectivity index (χ4v) is 3.01. The molecule has 1 saturated heterocycles. The number of carbonyl (C=O) groups is 1. The molecule has 1 fully saturated rings. The molecule has 18 heavy (non-hydrogen) atoms. The van der Waals surface area contributed by atoms with Crippen LogP contribution in [0.25, 0.3) is 0 Å². The lowest BCUT2D eigenvalue weighted by Crippen LogP contribution is -2.32. The fraction of sp³-hybridized carbons (Fsp3) is 0.462. The molecule has 0 saturated carbocycles. The Morgan fingerprint density at radius 2 is 2.28 bits per heavy atom. The van der Waals surface area contributed by atoms with Crippen LogP contribution >= 0.6 is 15.9 Å². The summed E-state index contributed by atoms with van der Waals surface area (Å²) >= 11 is 3.26. The molecule has 0 aromatic heterocycles. The summed E-state index contributed by atoms with van der Waals surface area (Å²) in [6, 6.07) is 4.76. The summed E-state index contributed by atoms with van der Waals surface area (Å²) in [5, 5.41) is 9.06. The zero-order valence-corrected chi connectivity index (χ0v) is 11.7. The molecule has 0 amide bonds. The maximum Gasteiger partial charge on any atom is 0.308 e. The van der Waals surface area contributed by atoms with Crippen LogP contribution in [0.5, 0.6) is 0 Å². The van der Waals surface area contributed by atoms with Crippen LogP contribution in [0.4, 0.5) is 4.39 Å². The minimum atomic E-state index is -0.745. The summed E-state index contributed by atoms with van der Waals surface area (Å²) in [6.45, 7) is 3.24. The van der Waals surface area contributed by atoms with Gasteiger partial charge >= 0.3 is 5.97 Å². The highest BCUT2D eigenvalue weighted by molar-refractivity contribution is 9.10. The molecular weight excluding hydrogens is 301 g/mol. The van der Waals surface area contributed by atoms with Crippen LogP contribution < -0.4 is 0 Å². The maximum absolute atomic E-state index is 13.3.